The van der Waals surface area contributed by atoms with Crippen molar-refractivity contribution in [1.29, 1.82) is 0 Å². The van der Waals surface area contributed by atoms with Gasteiger partial charge in [-0.15, -0.1) is 0 Å². The second-order valence-corrected chi connectivity index (χ2v) is 7.27. The molecule has 0 aliphatic heterocycles. The first-order chi connectivity index (χ1) is 16.0. The minimum atomic E-state index is -0.989. The van der Waals surface area contributed by atoms with Crippen molar-refractivity contribution < 1.29 is 14.6 Å². The minimum Gasteiger partial charge on any atom is -0.497 e. The van der Waals surface area contributed by atoms with E-state index in [9.17, 15) is 4.79 Å². The van der Waals surface area contributed by atoms with Gasteiger partial charge in [-0.3, -0.25) is 0 Å². The maximum Gasteiger partial charge on any atom is 0.328 e. The number of methoxy groups -OCH3 is 1. The van der Waals surface area contributed by atoms with Crippen LogP contribution in [-0.4, -0.2) is 33.1 Å². The summed E-state index contributed by atoms with van der Waals surface area (Å²) in [6.45, 7) is 2.02. The number of anilines is 2. The molecule has 164 valence electrons. The molecular weight excluding hydrogens is 416 g/mol. The van der Waals surface area contributed by atoms with Crippen LogP contribution in [0.1, 0.15) is 11.1 Å². The van der Waals surface area contributed by atoms with Crippen molar-refractivity contribution in [2.75, 3.05) is 12.4 Å². The predicted octanol–water partition coefficient (Wildman–Crippen LogP) is 5.36. The van der Waals surface area contributed by atoms with Crippen molar-refractivity contribution in [3.8, 4) is 28.5 Å². The molecule has 2 N–H and O–H groups in total. The molecule has 0 atom stereocenters. The van der Waals surface area contributed by atoms with Crippen LogP contribution in [0.5, 0.6) is 5.75 Å². The fraction of sp³-hybridized carbons (Fsp3) is 0.0769. The Hall–Kier alpha value is -4.52. The number of carboxylic acids is 1. The highest BCUT2D eigenvalue weighted by Gasteiger charge is 2.12. The Bertz CT molecular complexity index is 1300. The monoisotopic (exact) mass is 438 g/mol. The second kappa shape index (κ2) is 9.74. The van der Waals surface area contributed by atoms with Crippen LogP contribution in [0.2, 0.25) is 0 Å². The van der Waals surface area contributed by atoms with Crippen LogP contribution < -0.4 is 10.1 Å². The SMILES string of the molecule is COc1ccc(-c2nc(Nc3ccc(/C=C/C(=O)O)cc3)nc(-c3ccccc3C)n2)cc1. The number of aryl methyl sites for hydroxylation is 1. The van der Waals surface area contributed by atoms with E-state index in [-0.39, 0.29) is 0 Å². The first kappa shape index (κ1) is 21.7. The lowest BCUT2D eigenvalue weighted by Gasteiger charge is -2.11. The van der Waals surface area contributed by atoms with Gasteiger partial charge in [-0.25, -0.2) is 9.78 Å². The quantitative estimate of drug-likeness (QED) is 0.375. The first-order valence-corrected chi connectivity index (χ1v) is 10.3. The third-order valence-electron chi connectivity index (χ3n) is 4.95. The van der Waals surface area contributed by atoms with Crippen LogP contribution in [0.25, 0.3) is 28.9 Å². The summed E-state index contributed by atoms with van der Waals surface area (Å²) in [6.07, 6.45) is 2.64. The zero-order chi connectivity index (χ0) is 23.2. The van der Waals surface area contributed by atoms with Gasteiger partial charge in [-0.1, -0.05) is 36.4 Å². The van der Waals surface area contributed by atoms with Gasteiger partial charge >= 0.3 is 5.97 Å². The average molecular weight is 438 g/mol. The number of carbonyl (C=O) groups is 1. The van der Waals surface area contributed by atoms with E-state index in [2.05, 4.69) is 15.3 Å². The number of benzene rings is 3. The van der Waals surface area contributed by atoms with Crippen LogP contribution in [0.15, 0.2) is 78.9 Å². The summed E-state index contributed by atoms with van der Waals surface area (Å²) >= 11 is 0. The molecule has 33 heavy (non-hydrogen) atoms. The summed E-state index contributed by atoms with van der Waals surface area (Å²) in [5.41, 5.74) is 4.37. The normalized spacial score (nSPS) is 10.8. The lowest BCUT2D eigenvalue weighted by molar-refractivity contribution is -0.131. The van der Waals surface area contributed by atoms with Gasteiger partial charge in [0.1, 0.15) is 5.75 Å². The summed E-state index contributed by atoms with van der Waals surface area (Å²) in [4.78, 5) is 24.7. The highest BCUT2D eigenvalue weighted by molar-refractivity contribution is 5.85. The third kappa shape index (κ3) is 5.40. The van der Waals surface area contributed by atoms with E-state index in [4.69, 9.17) is 14.8 Å². The van der Waals surface area contributed by atoms with Gasteiger partial charge in [0, 0.05) is 22.9 Å². The first-order valence-electron chi connectivity index (χ1n) is 10.3. The van der Waals surface area contributed by atoms with Crippen molar-refractivity contribution in [3.63, 3.8) is 0 Å². The van der Waals surface area contributed by atoms with Crippen LogP contribution in [0.4, 0.5) is 11.6 Å². The number of hydrogen-bond donors (Lipinski definition) is 2. The van der Waals surface area contributed by atoms with Crippen molar-refractivity contribution in [1.82, 2.24) is 15.0 Å². The Balaban J connectivity index is 1.71. The highest BCUT2D eigenvalue weighted by Crippen LogP contribution is 2.26. The Morgan fingerprint density at radius 1 is 0.909 bits per heavy atom. The van der Waals surface area contributed by atoms with Crippen LogP contribution in [0, 0.1) is 6.92 Å². The summed E-state index contributed by atoms with van der Waals surface area (Å²) in [5.74, 6) is 1.27. The number of carboxylic acid groups (broad SMARTS) is 1. The van der Waals surface area contributed by atoms with Gasteiger partial charge in [0.25, 0.3) is 0 Å². The minimum absolute atomic E-state index is 0.405. The van der Waals surface area contributed by atoms with Crippen LogP contribution >= 0.6 is 0 Å². The molecule has 0 bridgehead atoms. The maximum atomic E-state index is 10.7. The lowest BCUT2D eigenvalue weighted by Crippen LogP contribution is -2.04. The molecule has 0 aliphatic carbocycles. The molecule has 0 spiro atoms. The Kier molecular flexibility index (Phi) is 6.40. The van der Waals surface area contributed by atoms with Gasteiger partial charge in [-0.2, -0.15) is 9.97 Å². The van der Waals surface area contributed by atoms with Crippen molar-refractivity contribution >= 4 is 23.7 Å². The van der Waals surface area contributed by atoms with Crippen molar-refractivity contribution in [2.45, 2.75) is 6.92 Å². The summed E-state index contributed by atoms with van der Waals surface area (Å²) in [5, 5.41) is 12.0. The fourth-order valence-corrected chi connectivity index (χ4v) is 3.22. The molecule has 4 rings (SSSR count). The van der Waals surface area contributed by atoms with E-state index in [1.807, 2.05) is 79.7 Å². The predicted molar refractivity (Wildman–Crippen MR) is 128 cm³/mol. The summed E-state index contributed by atoms with van der Waals surface area (Å²) in [7, 11) is 1.62. The maximum absolute atomic E-state index is 10.7. The van der Waals surface area contributed by atoms with E-state index in [1.165, 1.54) is 6.08 Å². The zero-order valence-electron chi connectivity index (χ0n) is 18.2. The number of aliphatic carboxylic acids is 1. The second-order valence-electron chi connectivity index (χ2n) is 7.27. The van der Waals surface area contributed by atoms with Crippen LogP contribution in [-0.2, 0) is 4.79 Å². The molecule has 4 aromatic rings. The van der Waals surface area contributed by atoms with Crippen molar-refractivity contribution in [2.24, 2.45) is 0 Å². The Morgan fingerprint density at radius 2 is 1.61 bits per heavy atom. The Labute approximate surface area is 191 Å². The van der Waals surface area contributed by atoms with E-state index < -0.39 is 5.97 Å². The average Bonchev–Trinajstić information content (AvgIpc) is 2.84. The number of rotatable bonds is 7. The van der Waals surface area contributed by atoms with E-state index in [0.29, 0.717) is 17.6 Å². The molecule has 1 heterocycles. The van der Waals surface area contributed by atoms with E-state index >= 15 is 0 Å². The largest absolute Gasteiger partial charge is 0.497 e. The fourth-order valence-electron chi connectivity index (χ4n) is 3.22. The summed E-state index contributed by atoms with van der Waals surface area (Å²) in [6, 6.07) is 22.8. The molecule has 0 saturated heterocycles. The van der Waals surface area contributed by atoms with Gasteiger partial charge < -0.3 is 15.2 Å². The number of ether oxygens (including phenoxy) is 1. The molecule has 1 aromatic heterocycles. The smallest absolute Gasteiger partial charge is 0.328 e. The highest BCUT2D eigenvalue weighted by atomic mass is 16.5. The molecule has 7 nitrogen and oxygen atoms in total. The molecule has 0 fully saturated rings. The molecule has 7 heteroatoms. The van der Waals surface area contributed by atoms with Crippen LogP contribution in [0.3, 0.4) is 0 Å². The standard InChI is InChI=1S/C26H22N4O3/c1-17-5-3-4-6-22(17)25-28-24(19-10-14-21(33-2)15-11-19)29-26(30-25)27-20-12-7-18(8-13-20)9-16-23(31)32/h3-16H,1-2H3,(H,31,32)(H,27,28,29,30)/b16-9+. The number of hydrogen-bond acceptors (Lipinski definition) is 6. The third-order valence-corrected chi connectivity index (χ3v) is 4.95. The topological polar surface area (TPSA) is 97.2 Å². The molecule has 0 radical (unpaired) electrons. The molecule has 3 aromatic carbocycles. The molecule has 0 aliphatic rings. The van der Waals surface area contributed by atoms with Gasteiger partial charge in [-0.05, 0) is 60.5 Å². The molecule has 0 unspecified atom stereocenters. The van der Waals surface area contributed by atoms with Gasteiger partial charge in [0.2, 0.25) is 5.95 Å². The van der Waals surface area contributed by atoms with Crippen molar-refractivity contribution in [3.05, 3.63) is 90.0 Å². The molecule has 0 saturated carbocycles. The molecular formula is C26H22N4O3. The Morgan fingerprint density at radius 3 is 2.27 bits per heavy atom. The van der Waals surface area contributed by atoms with Gasteiger partial charge in [0.15, 0.2) is 11.6 Å². The van der Waals surface area contributed by atoms with E-state index in [1.54, 1.807) is 7.11 Å². The number of nitrogens with zero attached hydrogens (tertiary/aromatic N) is 3. The molecule has 0 amide bonds. The zero-order valence-corrected chi connectivity index (χ0v) is 18.2. The number of nitrogens with one attached hydrogen (secondary N) is 1. The summed E-state index contributed by atoms with van der Waals surface area (Å²) < 4.78 is 5.25. The lowest BCUT2D eigenvalue weighted by atomic mass is 10.1. The van der Waals surface area contributed by atoms with E-state index in [0.717, 1.165) is 39.8 Å². The number of aromatic nitrogens is 3. The van der Waals surface area contributed by atoms with Gasteiger partial charge in [0.05, 0.1) is 7.11 Å².